The monoisotopic (exact) mass is 653 g/mol. The van der Waals surface area contributed by atoms with Gasteiger partial charge in [0.25, 0.3) is 0 Å². The zero-order valence-corrected chi connectivity index (χ0v) is 25.2. The van der Waals surface area contributed by atoms with Crippen LogP contribution < -0.4 is 20.8 Å². The number of amides is 1. The number of carbonyl (C=O) groups excluding carboxylic acids is 1. The van der Waals surface area contributed by atoms with Crippen molar-refractivity contribution in [2.24, 2.45) is 10.2 Å². The van der Waals surface area contributed by atoms with E-state index in [2.05, 4.69) is 20.5 Å². The number of rotatable bonds is 5. The zero-order valence-electron chi connectivity index (χ0n) is 24.4. The molecule has 2 aliphatic heterocycles. The molecule has 5 rings (SSSR count). The second-order valence-electron chi connectivity index (χ2n) is 11.7. The van der Waals surface area contributed by atoms with E-state index in [1.54, 1.807) is 39.0 Å². The molecule has 3 heterocycles. The average molecular weight is 654 g/mol. The summed E-state index contributed by atoms with van der Waals surface area (Å²) in [6, 6.07) is 6.10. The molecule has 8 nitrogen and oxygen atoms in total. The molecule has 1 fully saturated rings. The molecule has 15 heteroatoms. The van der Waals surface area contributed by atoms with Gasteiger partial charge in [-0.2, -0.15) is 41.5 Å². The lowest BCUT2D eigenvalue weighted by molar-refractivity contribution is -0.143. The van der Waals surface area contributed by atoms with Crippen molar-refractivity contribution in [2.75, 3.05) is 18.0 Å². The number of benzene rings is 2. The van der Waals surface area contributed by atoms with Crippen molar-refractivity contribution in [2.45, 2.75) is 64.0 Å². The number of nitrogens with one attached hydrogen (secondary N) is 1. The molecule has 0 saturated carbocycles. The number of ether oxygens (including phenoxy) is 1. The number of hydrogen-bond acceptors (Lipinski definition) is 8. The van der Waals surface area contributed by atoms with Crippen molar-refractivity contribution in [3.63, 3.8) is 0 Å². The highest BCUT2D eigenvalue weighted by Gasteiger charge is 2.38. The molecule has 0 spiro atoms. The standard InChI is InChI=1S/C30H29F6N5O3S/c1-28(2,3)44-27(43)38-20-5-4-10-41(15-20)26-39-25(42)24(45-26)21(16-7-9-23-18(11-16)14-37-40-23)12-17-6-8-19(29(31,32)33)13-22(17)30(34,35)36/h6-9,11,13-14,20,42H,4-5,10,12,15H2,1-3H3,(H,38,43). The molecular formula is C30H29F6N5O3S. The fourth-order valence-electron chi connectivity index (χ4n) is 5.14. The summed E-state index contributed by atoms with van der Waals surface area (Å²) >= 11 is 1.04. The summed E-state index contributed by atoms with van der Waals surface area (Å²) < 4.78 is 87.6. The third-order valence-corrected chi connectivity index (χ3v) is 8.30. The van der Waals surface area contributed by atoms with Gasteiger partial charge in [-0.05, 0) is 74.2 Å². The van der Waals surface area contributed by atoms with E-state index in [9.17, 15) is 36.2 Å². The van der Waals surface area contributed by atoms with Crippen LogP contribution in [0, 0.1) is 0 Å². The predicted octanol–water partition coefficient (Wildman–Crippen LogP) is 5.79. The van der Waals surface area contributed by atoms with Crippen molar-refractivity contribution >= 4 is 34.3 Å². The molecule has 0 aliphatic carbocycles. The summed E-state index contributed by atoms with van der Waals surface area (Å²) in [4.78, 5) is 18.7. The van der Waals surface area contributed by atoms with Gasteiger partial charge in [0.15, 0.2) is 5.13 Å². The second kappa shape index (κ2) is 12.0. The van der Waals surface area contributed by atoms with E-state index in [-0.39, 0.29) is 22.6 Å². The van der Waals surface area contributed by atoms with Gasteiger partial charge >= 0.3 is 18.4 Å². The van der Waals surface area contributed by atoms with Gasteiger partial charge in [-0.1, -0.05) is 23.5 Å². The summed E-state index contributed by atoms with van der Waals surface area (Å²) in [6.45, 7) is 6.13. The lowest BCUT2D eigenvalue weighted by Crippen LogP contribution is -2.49. The third-order valence-electron chi connectivity index (χ3n) is 7.13. The number of hydrogen-bond donors (Lipinski definition) is 2. The first-order chi connectivity index (χ1) is 21.0. The van der Waals surface area contributed by atoms with Crippen LogP contribution in [0.25, 0.3) is 5.57 Å². The van der Waals surface area contributed by atoms with Gasteiger partial charge in [-0.15, -0.1) is 0 Å². The molecule has 2 N–H and O–H groups in total. The Morgan fingerprint density at radius 1 is 1.09 bits per heavy atom. The first-order valence-corrected chi connectivity index (χ1v) is 14.8. The molecule has 1 saturated heterocycles. The Hall–Kier alpha value is -4.14. The summed E-state index contributed by atoms with van der Waals surface area (Å²) in [7, 11) is 0. The van der Waals surface area contributed by atoms with Crippen LogP contribution in [0.3, 0.4) is 0 Å². The lowest BCUT2D eigenvalue weighted by atomic mass is 9.94. The molecule has 2 aliphatic rings. The molecular weight excluding hydrogens is 624 g/mol. The van der Waals surface area contributed by atoms with Crippen LogP contribution >= 0.6 is 11.3 Å². The third kappa shape index (κ3) is 7.57. The SMILES string of the molecule is CC(C)(C)OC(=O)NC1CCCN(c2nc(O)c(C(Cc3ccc(C(F)(F)F)cc3C(F)(F)F)=c3ccc4c(c3)C=NN=4)s2)C1. The average Bonchev–Trinajstić information content (AvgIpc) is 3.55. The van der Waals surface area contributed by atoms with Crippen LogP contribution in [0.5, 0.6) is 5.88 Å². The molecule has 240 valence electrons. The molecule has 3 aromatic rings. The Balaban J connectivity index is 1.54. The first kappa shape index (κ1) is 32.3. The highest BCUT2D eigenvalue weighted by Crippen LogP contribution is 2.41. The number of thiazole rings is 1. The number of piperidine rings is 1. The Morgan fingerprint density at radius 3 is 2.53 bits per heavy atom. The van der Waals surface area contributed by atoms with Crippen molar-refractivity contribution in [3.8, 4) is 5.88 Å². The minimum absolute atomic E-state index is 0.102. The maximum Gasteiger partial charge on any atom is 0.416 e. The molecule has 1 aromatic heterocycles. The van der Waals surface area contributed by atoms with E-state index >= 15 is 0 Å². The van der Waals surface area contributed by atoms with Crippen molar-refractivity contribution < 1.29 is 41.0 Å². The maximum atomic E-state index is 14.1. The van der Waals surface area contributed by atoms with E-state index in [4.69, 9.17) is 4.74 Å². The van der Waals surface area contributed by atoms with Crippen LogP contribution in [-0.4, -0.2) is 47.1 Å². The second-order valence-corrected chi connectivity index (χ2v) is 12.7. The number of alkyl halides is 6. The van der Waals surface area contributed by atoms with E-state index < -0.39 is 53.0 Å². The largest absolute Gasteiger partial charge is 0.492 e. The van der Waals surface area contributed by atoms with Crippen molar-refractivity contribution in [3.05, 3.63) is 74.1 Å². The molecule has 1 atom stereocenters. The molecule has 1 amide bonds. The highest BCUT2D eigenvalue weighted by molar-refractivity contribution is 7.17. The van der Waals surface area contributed by atoms with Crippen LogP contribution in [0.4, 0.5) is 36.3 Å². The zero-order chi connectivity index (χ0) is 32.7. The van der Waals surface area contributed by atoms with Gasteiger partial charge in [0.05, 0.1) is 27.6 Å². The Morgan fingerprint density at radius 2 is 1.84 bits per heavy atom. The number of alkyl carbamates (subject to hydrolysis) is 1. The van der Waals surface area contributed by atoms with Gasteiger partial charge in [0.1, 0.15) is 5.60 Å². The summed E-state index contributed by atoms with van der Waals surface area (Å²) in [5.74, 6) is -0.438. The molecule has 2 aromatic carbocycles. The minimum Gasteiger partial charge on any atom is -0.492 e. The van der Waals surface area contributed by atoms with Crippen molar-refractivity contribution in [1.82, 2.24) is 10.3 Å². The van der Waals surface area contributed by atoms with Gasteiger partial charge < -0.3 is 20.1 Å². The van der Waals surface area contributed by atoms with Crippen LogP contribution in [0.2, 0.25) is 0 Å². The van der Waals surface area contributed by atoms with Gasteiger partial charge in [-0.25, -0.2) is 4.79 Å². The number of fused-ring (bicyclic) bond motifs is 1. The quantitative estimate of drug-likeness (QED) is 0.340. The predicted molar refractivity (Wildman–Crippen MR) is 156 cm³/mol. The summed E-state index contributed by atoms with van der Waals surface area (Å²) in [5, 5.41) is 23.0. The summed E-state index contributed by atoms with van der Waals surface area (Å²) in [5.41, 5.74) is -3.12. The molecule has 0 bridgehead atoms. The first-order valence-electron chi connectivity index (χ1n) is 13.9. The van der Waals surface area contributed by atoms with Crippen LogP contribution in [0.1, 0.15) is 60.7 Å². The molecule has 1 unspecified atom stereocenters. The van der Waals surface area contributed by atoms with E-state index in [1.807, 2.05) is 4.90 Å². The van der Waals surface area contributed by atoms with Crippen molar-refractivity contribution in [1.29, 1.82) is 0 Å². The Bertz CT molecular complexity index is 1760. The number of aromatic nitrogens is 1. The minimum atomic E-state index is -5.07. The highest BCUT2D eigenvalue weighted by atomic mass is 32.1. The maximum absolute atomic E-state index is 14.1. The lowest BCUT2D eigenvalue weighted by Gasteiger charge is -2.33. The van der Waals surface area contributed by atoms with Gasteiger partial charge in [-0.3, -0.25) is 0 Å². The van der Waals surface area contributed by atoms with E-state index in [0.29, 0.717) is 53.3 Å². The topological polar surface area (TPSA) is 99.4 Å². The normalized spacial score (nSPS) is 17.5. The van der Waals surface area contributed by atoms with E-state index in [0.717, 1.165) is 17.4 Å². The Kier molecular flexibility index (Phi) is 8.59. The summed E-state index contributed by atoms with van der Waals surface area (Å²) in [6.07, 6.45) is -8.25. The molecule has 0 radical (unpaired) electrons. The number of aromatic hydroxyl groups is 1. The fourth-order valence-corrected chi connectivity index (χ4v) is 6.20. The van der Waals surface area contributed by atoms with Crippen LogP contribution in [0.15, 0.2) is 46.6 Å². The fraction of sp³-hybridized carbons (Fsp3) is 0.400. The van der Waals surface area contributed by atoms with E-state index in [1.165, 1.54) is 6.21 Å². The Labute approximate surface area is 257 Å². The number of anilines is 1. The number of nitrogens with zero attached hydrogens (tertiary/aromatic N) is 4. The smallest absolute Gasteiger partial charge is 0.416 e. The number of halogens is 6. The molecule has 45 heavy (non-hydrogen) atoms. The van der Waals surface area contributed by atoms with Crippen LogP contribution in [-0.2, 0) is 23.5 Å². The van der Waals surface area contributed by atoms with Gasteiger partial charge in [0.2, 0.25) is 5.88 Å². The van der Waals surface area contributed by atoms with Gasteiger partial charge in [0, 0.05) is 31.1 Å². The number of carbonyl (C=O) groups is 1.